The van der Waals surface area contributed by atoms with Crippen molar-refractivity contribution in [3.05, 3.63) is 34.9 Å². The summed E-state index contributed by atoms with van der Waals surface area (Å²) in [6.45, 7) is 5.74. The van der Waals surface area contributed by atoms with Crippen molar-refractivity contribution in [3.8, 4) is 0 Å². The summed E-state index contributed by atoms with van der Waals surface area (Å²) in [6.07, 6.45) is 2.07. The molecule has 0 aromatic heterocycles. The predicted octanol–water partition coefficient (Wildman–Crippen LogP) is 2.19. The van der Waals surface area contributed by atoms with Gasteiger partial charge in [0.1, 0.15) is 0 Å². The Morgan fingerprint density at radius 3 is 2.45 bits per heavy atom. The van der Waals surface area contributed by atoms with Crippen LogP contribution in [0.25, 0.3) is 0 Å². The monoisotopic (exact) mass is 324 g/mol. The summed E-state index contributed by atoms with van der Waals surface area (Å²) < 4.78 is 0. The molecule has 1 fully saturated rings. The van der Waals surface area contributed by atoms with E-state index in [9.17, 15) is 9.90 Å². The van der Waals surface area contributed by atoms with Crippen LogP contribution in [-0.2, 0) is 11.2 Å². The van der Waals surface area contributed by atoms with E-state index in [1.54, 1.807) is 6.92 Å². The quantitative estimate of drug-likeness (QED) is 0.872. The van der Waals surface area contributed by atoms with E-state index in [1.807, 2.05) is 29.2 Å². The van der Waals surface area contributed by atoms with Gasteiger partial charge in [0.2, 0.25) is 5.91 Å². The van der Waals surface area contributed by atoms with Gasteiger partial charge >= 0.3 is 0 Å². The van der Waals surface area contributed by atoms with Crippen molar-refractivity contribution in [1.82, 2.24) is 9.80 Å². The number of amides is 1. The maximum Gasteiger partial charge on any atom is 0.222 e. The van der Waals surface area contributed by atoms with E-state index in [0.29, 0.717) is 13.0 Å². The molecule has 0 saturated carbocycles. The highest BCUT2D eigenvalue weighted by molar-refractivity contribution is 6.30. The number of nitrogens with zero attached hydrogens (tertiary/aromatic N) is 2. The van der Waals surface area contributed by atoms with Crippen LogP contribution >= 0.6 is 11.6 Å². The third-order valence-corrected chi connectivity index (χ3v) is 4.27. The van der Waals surface area contributed by atoms with E-state index >= 15 is 0 Å². The van der Waals surface area contributed by atoms with Crippen LogP contribution in [0.15, 0.2) is 24.3 Å². The lowest BCUT2D eigenvalue weighted by molar-refractivity contribution is -0.133. The van der Waals surface area contributed by atoms with Crippen LogP contribution in [0.5, 0.6) is 0 Å². The fourth-order valence-corrected chi connectivity index (χ4v) is 2.93. The molecule has 2 rings (SSSR count). The maximum absolute atomic E-state index is 12.2. The van der Waals surface area contributed by atoms with Crippen molar-refractivity contribution in [2.45, 2.75) is 32.3 Å². The Balaban J connectivity index is 1.67. The van der Waals surface area contributed by atoms with Gasteiger partial charge in [-0.05, 0) is 37.5 Å². The number of aryl methyl sites for hydroxylation is 1. The second kappa shape index (κ2) is 8.51. The average molecular weight is 325 g/mol. The molecule has 122 valence electrons. The zero-order valence-electron chi connectivity index (χ0n) is 13.2. The summed E-state index contributed by atoms with van der Waals surface area (Å²) in [4.78, 5) is 16.4. The molecular weight excluding hydrogens is 300 g/mol. The van der Waals surface area contributed by atoms with Gasteiger partial charge in [0.05, 0.1) is 6.10 Å². The lowest BCUT2D eigenvalue weighted by Gasteiger charge is -2.35. The Hall–Kier alpha value is -1.10. The van der Waals surface area contributed by atoms with Gasteiger partial charge in [0.25, 0.3) is 0 Å². The molecule has 4 nitrogen and oxygen atoms in total. The molecule has 1 unspecified atom stereocenters. The number of carbonyl (C=O) groups is 1. The van der Waals surface area contributed by atoms with Gasteiger partial charge in [-0.2, -0.15) is 0 Å². The topological polar surface area (TPSA) is 43.8 Å². The van der Waals surface area contributed by atoms with E-state index in [1.165, 1.54) is 5.56 Å². The Labute approximate surface area is 137 Å². The fraction of sp³-hybridized carbons (Fsp3) is 0.588. The first kappa shape index (κ1) is 17.3. The summed E-state index contributed by atoms with van der Waals surface area (Å²) in [5.74, 6) is 0.241. The molecule has 0 radical (unpaired) electrons. The molecular formula is C17H25ClN2O2. The van der Waals surface area contributed by atoms with E-state index in [4.69, 9.17) is 11.6 Å². The number of rotatable bonds is 6. The summed E-state index contributed by atoms with van der Waals surface area (Å²) in [5.41, 5.74) is 1.22. The van der Waals surface area contributed by atoms with Crippen LogP contribution in [0.3, 0.4) is 0 Å². The summed E-state index contributed by atoms with van der Waals surface area (Å²) >= 11 is 5.86. The van der Waals surface area contributed by atoms with Crippen molar-refractivity contribution in [2.24, 2.45) is 0 Å². The Bertz CT molecular complexity index is 468. The minimum absolute atomic E-state index is 0.241. The molecule has 1 amide bonds. The van der Waals surface area contributed by atoms with Crippen molar-refractivity contribution < 1.29 is 9.90 Å². The zero-order chi connectivity index (χ0) is 15.9. The molecule has 22 heavy (non-hydrogen) atoms. The fourth-order valence-electron chi connectivity index (χ4n) is 2.81. The highest BCUT2D eigenvalue weighted by Gasteiger charge is 2.21. The molecule has 1 saturated heterocycles. The average Bonchev–Trinajstić information content (AvgIpc) is 2.49. The zero-order valence-corrected chi connectivity index (χ0v) is 13.9. The molecule has 5 heteroatoms. The molecule has 0 spiro atoms. The molecule has 1 atom stereocenters. The number of hydrogen-bond acceptors (Lipinski definition) is 3. The highest BCUT2D eigenvalue weighted by atomic mass is 35.5. The first-order chi connectivity index (χ1) is 10.5. The van der Waals surface area contributed by atoms with Gasteiger partial charge in [-0.3, -0.25) is 9.69 Å². The number of piperazine rings is 1. The first-order valence-electron chi connectivity index (χ1n) is 7.97. The van der Waals surface area contributed by atoms with Crippen molar-refractivity contribution in [3.63, 3.8) is 0 Å². The summed E-state index contributed by atoms with van der Waals surface area (Å²) in [7, 11) is 0. The van der Waals surface area contributed by atoms with Crippen LogP contribution in [-0.4, -0.2) is 59.6 Å². The minimum Gasteiger partial charge on any atom is -0.392 e. The van der Waals surface area contributed by atoms with Gasteiger partial charge in [-0.1, -0.05) is 23.7 Å². The Morgan fingerprint density at radius 1 is 1.23 bits per heavy atom. The van der Waals surface area contributed by atoms with Gasteiger partial charge in [0.15, 0.2) is 0 Å². The third-order valence-electron chi connectivity index (χ3n) is 4.02. The van der Waals surface area contributed by atoms with Crippen molar-refractivity contribution in [1.29, 1.82) is 0 Å². The number of β-amino-alcohol motifs (C(OH)–C–C–N with tert-alkyl or cyclic N) is 1. The normalized spacial score (nSPS) is 17.5. The van der Waals surface area contributed by atoms with Gasteiger partial charge in [0, 0.05) is 44.2 Å². The minimum atomic E-state index is -0.304. The Morgan fingerprint density at radius 2 is 1.86 bits per heavy atom. The van der Waals surface area contributed by atoms with E-state index in [0.717, 1.165) is 44.0 Å². The molecule has 0 aliphatic carbocycles. The number of carbonyl (C=O) groups excluding carboxylic acids is 1. The van der Waals surface area contributed by atoms with E-state index in [2.05, 4.69) is 4.90 Å². The molecule has 1 aromatic rings. The Kier molecular flexibility index (Phi) is 6.68. The maximum atomic E-state index is 12.2. The summed E-state index contributed by atoms with van der Waals surface area (Å²) in [5, 5.41) is 10.1. The standard InChI is InChI=1S/C17H25ClN2O2/c1-14(21)13-19-9-11-20(12-10-19)17(22)4-2-3-15-5-7-16(18)8-6-15/h5-8,14,21H,2-4,9-13H2,1H3. The highest BCUT2D eigenvalue weighted by Crippen LogP contribution is 2.12. The lowest BCUT2D eigenvalue weighted by atomic mass is 10.1. The first-order valence-corrected chi connectivity index (χ1v) is 8.35. The summed E-state index contributed by atoms with van der Waals surface area (Å²) in [6, 6.07) is 7.81. The SMILES string of the molecule is CC(O)CN1CCN(C(=O)CCCc2ccc(Cl)cc2)CC1. The van der Waals surface area contributed by atoms with E-state index < -0.39 is 0 Å². The molecule has 1 heterocycles. The molecule has 1 aliphatic rings. The van der Waals surface area contributed by atoms with Crippen LogP contribution in [0.4, 0.5) is 0 Å². The number of halogens is 1. The molecule has 0 bridgehead atoms. The second-order valence-electron chi connectivity index (χ2n) is 6.01. The van der Waals surface area contributed by atoms with Gasteiger partial charge < -0.3 is 10.0 Å². The lowest BCUT2D eigenvalue weighted by Crippen LogP contribution is -2.50. The molecule has 1 N–H and O–H groups in total. The number of hydrogen-bond donors (Lipinski definition) is 1. The largest absolute Gasteiger partial charge is 0.392 e. The smallest absolute Gasteiger partial charge is 0.222 e. The van der Waals surface area contributed by atoms with Crippen molar-refractivity contribution >= 4 is 17.5 Å². The van der Waals surface area contributed by atoms with Crippen LogP contribution in [0, 0.1) is 0 Å². The van der Waals surface area contributed by atoms with Crippen LogP contribution in [0.2, 0.25) is 5.02 Å². The van der Waals surface area contributed by atoms with Gasteiger partial charge in [-0.25, -0.2) is 0 Å². The third kappa shape index (κ3) is 5.59. The number of benzene rings is 1. The van der Waals surface area contributed by atoms with E-state index in [-0.39, 0.29) is 12.0 Å². The molecule has 1 aromatic carbocycles. The predicted molar refractivity (Wildman–Crippen MR) is 89.1 cm³/mol. The van der Waals surface area contributed by atoms with Crippen molar-refractivity contribution in [2.75, 3.05) is 32.7 Å². The van der Waals surface area contributed by atoms with Crippen LogP contribution < -0.4 is 0 Å². The molecule has 1 aliphatic heterocycles. The number of aliphatic hydroxyl groups excluding tert-OH is 1. The number of aliphatic hydroxyl groups is 1. The second-order valence-corrected chi connectivity index (χ2v) is 6.45. The van der Waals surface area contributed by atoms with Gasteiger partial charge in [-0.15, -0.1) is 0 Å². The van der Waals surface area contributed by atoms with Crippen LogP contribution in [0.1, 0.15) is 25.3 Å².